The summed E-state index contributed by atoms with van der Waals surface area (Å²) in [6.45, 7) is 1.88. The maximum Gasteiger partial charge on any atom is 0.289 e. The van der Waals surface area contributed by atoms with Crippen LogP contribution in [-0.4, -0.2) is 50.3 Å². The number of nitrogens with zero attached hydrogens (tertiary/aromatic N) is 1. The summed E-state index contributed by atoms with van der Waals surface area (Å²) in [6.07, 6.45) is 1.32. The van der Waals surface area contributed by atoms with E-state index in [9.17, 15) is 4.79 Å². The molecule has 0 bridgehead atoms. The fourth-order valence-corrected chi connectivity index (χ4v) is 2.44. The molecule has 1 aromatic heterocycles. The largest absolute Gasteiger partial charge is 0.497 e. The number of morpholine rings is 1. The Kier molecular flexibility index (Phi) is 4.83. The molecule has 1 aliphatic heterocycles. The Balaban J connectivity index is 1.55. The van der Waals surface area contributed by atoms with E-state index in [-0.39, 0.29) is 12.0 Å². The Morgan fingerprint density at radius 1 is 1.30 bits per heavy atom. The highest BCUT2D eigenvalue weighted by molar-refractivity contribution is 5.91. The van der Waals surface area contributed by atoms with E-state index in [0.717, 1.165) is 5.75 Å². The van der Waals surface area contributed by atoms with Gasteiger partial charge in [-0.1, -0.05) is 6.07 Å². The third kappa shape index (κ3) is 3.84. The summed E-state index contributed by atoms with van der Waals surface area (Å²) < 4.78 is 21.7. The van der Waals surface area contributed by atoms with E-state index in [2.05, 4.69) is 0 Å². The van der Waals surface area contributed by atoms with Crippen molar-refractivity contribution in [1.82, 2.24) is 4.90 Å². The van der Waals surface area contributed by atoms with Crippen LogP contribution in [0.4, 0.5) is 0 Å². The Morgan fingerprint density at radius 3 is 2.96 bits per heavy atom. The molecule has 1 aromatic carbocycles. The minimum absolute atomic E-state index is 0.121. The Hall–Kier alpha value is -2.47. The van der Waals surface area contributed by atoms with Gasteiger partial charge in [0.2, 0.25) is 0 Å². The van der Waals surface area contributed by atoms with Crippen molar-refractivity contribution in [3.8, 4) is 11.5 Å². The molecule has 122 valence electrons. The molecule has 0 unspecified atom stereocenters. The van der Waals surface area contributed by atoms with Crippen LogP contribution in [0.15, 0.2) is 47.1 Å². The predicted octanol–water partition coefficient (Wildman–Crippen LogP) is 2.21. The van der Waals surface area contributed by atoms with Crippen LogP contribution in [-0.2, 0) is 4.74 Å². The van der Waals surface area contributed by atoms with Gasteiger partial charge in [0.05, 0.1) is 26.5 Å². The average molecular weight is 317 g/mol. The molecule has 6 nitrogen and oxygen atoms in total. The fourth-order valence-electron chi connectivity index (χ4n) is 2.44. The van der Waals surface area contributed by atoms with Gasteiger partial charge in [-0.2, -0.15) is 0 Å². The molecule has 3 rings (SSSR count). The molecule has 2 heterocycles. The maximum absolute atomic E-state index is 12.3. The fraction of sp³-hybridized carbons (Fsp3) is 0.353. The number of furan rings is 1. The highest BCUT2D eigenvalue weighted by Gasteiger charge is 2.26. The molecule has 0 saturated carbocycles. The molecule has 23 heavy (non-hydrogen) atoms. The van der Waals surface area contributed by atoms with Gasteiger partial charge in [0, 0.05) is 12.6 Å². The van der Waals surface area contributed by atoms with Crippen LogP contribution in [0.3, 0.4) is 0 Å². The van der Waals surface area contributed by atoms with Crippen molar-refractivity contribution < 1.29 is 23.4 Å². The number of benzene rings is 1. The van der Waals surface area contributed by atoms with Crippen LogP contribution in [0.1, 0.15) is 10.6 Å². The lowest BCUT2D eigenvalue weighted by molar-refractivity contribution is -0.0408. The average Bonchev–Trinajstić information content (AvgIpc) is 3.14. The van der Waals surface area contributed by atoms with E-state index in [4.69, 9.17) is 18.6 Å². The van der Waals surface area contributed by atoms with Gasteiger partial charge in [0.1, 0.15) is 24.2 Å². The van der Waals surface area contributed by atoms with Crippen LogP contribution in [0.2, 0.25) is 0 Å². The van der Waals surface area contributed by atoms with E-state index in [0.29, 0.717) is 37.8 Å². The van der Waals surface area contributed by atoms with E-state index < -0.39 is 0 Å². The molecule has 6 heteroatoms. The third-order valence-corrected chi connectivity index (χ3v) is 3.64. The molecular formula is C17H19NO5. The van der Waals surface area contributed by atoms with Crippen molar-refractivity contribution >= 4 is 5.91 Å². The molecule has 1 fully saturated rings. The van der Waals surface area contributed by atoms with E-state index in [1.165, 1.54) is 6.26 Å². The number of hydrogen-bond acceptors (Lipinski definition) is 5. The Labute approximate surface area is 134 Å². The molecule has 0 spiro atoms. The lowest BCUT2D eigenvalue weighted by atomic mass is 10.2. The minimum atomic E-state index is -0.172. The molecular weight excluding hydrogens is 298 g/mol. The second-order valence-corrected chi connectivity index (χ2v) is 5.21. The summed E-state index contributed by atoms with van der Waals surface area (Å²) in [5, 5.41) is 0. The topological polar surface area (TPSA) is 61.1 Å². The summed E-state index contributed by atoms with van der Waals surface area (Å²) in [5.41, 5.74) is 0. The SMILES string of the molecule is COc1cccc(OC[C@@H]2CN(C(=O)c3ccco3)CCO2)c1. The molecule has 1 aliphatic rings. The lowest BCUT2D eigenvalue weighted by Crippen LogP contribution is -2.47. The van der Waals surface area contributed by atoms with Crippen molar-refractivity contribution in [1.29, 1.82) is 0 Å². The molecule has 0 aliphatic carbocycles. The first-order valence-electron chi connectivity index (χ1n) is 7.47. The second kappa shape index (κ2) is 7.19. The first kappa shape index (κ1) is 15.4. The van der Waals surface area contributed by atoms with Crippen LogP contribution in [0.25, 0.3) is 0 Å². The number of amides is 1. The molecule has 0 N–H and O–H groups in total. The summed E-state index contributed by atoms with van der Waals surface area (Å²) >= 11 is 0. The smallest absolute Gasteiger partial charge is 0.289 e. The summed E-state index contributed by atoms with van der Waals surface area (Å²) in [5.74, 6) is 1.67. The van der Waals surface area contributed by atoms with Crippen molar-refractivity contribution in [2.24, 2.45) is 0 Å². The van der Waals surface area contributed by atoms with Crippen molar-refractivity contribution in [2.75, 3.05) is 33.4 Å². The van der Waals surface area contributed by atoms with E-state index in [1.807, 2.05) is 24.3 Å². The van der Waals surface area contributed by atoms with Crippen molar-refractivity contribution in [3.63, 3.8) is 0 Å². The van der Waals surface area contributed by atoms with Crippen LogP contribution < -0.4 is 9.47 Å². The number of hydrogen-bond donors (Lipinski definition) is 0. The predicted molar refractivity (Wildman–Crippen MR) is 82.8 cm³/mol. The minimum Gasteiger partial charge on any atom is -0.497 e. The van der Waals surface area contributed by atoms with Gasteiger partial charge in [-0.15, -0.1) is 0 Å². The summed E-state index contributed by atoms with van der Waals surface area (Å²) in [6, 6.07) is 10.8. The molecule has 2 aromatic rings. The van der Waals surface area contributed by atoms with Gasteiger partial charge in [-0.25, -0.2) is 0 Å². The maximum atomic E-state index is 12.3. The first-order valence-corrected chi connectivity index (χ1v) is 7.47. The second-order valence-electron chi connectivity index (χ2n) is 5.21. The molecule has 0 radical (unpaired) electrons. The third-order valence-electron chi connectivity index (χ3n) is 3.64. The van der Waals surface area contributed by atoms with Crippen molar-refractivity contribution in [2.45, 2.75) is 6.10 Å². The zero-order valence-corrected chi connectivity index (χ0v) is 12.9. The number of ether oxygens (including phenoxy) is 3. The van der Waals surface area contributed by atoms with Gasteiger partial charge >= 0.3 is 0 Å². The highest BCUT2D eigenvalue weighted by Crippen LogP contribution is 2.20. The zero-order chi connectivity index (χ0) is 16.1. The molecule has 1 amide bonds. The van der Waals surface area contributed by atoms with Gasteiger partial charge < -0.3 is 23.5 Å². The lowest BCUT2D eigenvalue weighted by Gasteiger charge is -2.32. The van der Waals surface area contributed by atoms with Gasteiger partial charge in [-0.05, 0) is 24.3 Å². The van der Waals surface area contributed by atoms with Gasteiger partial charge in [0.15, 0.2) is 5.76 Å². The van der Waals surface area contributed by atoms with Gasteiger partial charge in [-0.3, -0.25) is 4.79 Å². The number of carbonyl (C=O) groups excluding carboxylic acids is 1. The molecule has 1 atom stereocenters. The quantitative estimate of drug-likeness (QED) is 0.846. The first-order chi connectivity index (χ1) is 11.3. The van der Waals surface area contributed by atoms with Gasteiger partial charge in [0.25, 0.3) is 5.91 Å². The number of methoxy groups -OCH3 is 1. The summed E-state index contributed by atoms with van der Waals surface area (Å²) in [4.78, 5) is 14.0. The Bertz CT molecular complexity index is 640. The number of rotatable bonds is 5. The normalized spacial score (nSPS) is 17.8. The van der Waals surface area contributed by atoms with Crippen LogP contribution >= 0.6 is 0 Å². The summed E-state index contributed by atoms with van der Waals surface area (Å²) in [7, 11) is 1.61. The van der Waals surface area contributed by atoms with E-state index in [1.54, 1.807) is 24.1 Å². The molecule has 1 saturated heterocycles. The number of carbonyl (C=O) groups is 1. The standard InChI is InChI=1S/C17H19NO5/c1-20-13-4-2-5-14(10-13)23-12-15-11-18(7-9-21-15)17(19)16-6-3-8-22-16/h2-6,8,10,15H,7,9,11-12H2,1H3/t15-/m0/s1. The monoisotopic (exact) mass is 317 g/mol. The van der Waals surface area contributed by atoms with E-state index >= 15 is 0 Å². The van der Waals surface area contributed by atoms with Crippen LogP contribution in [0.5, 0.6) is 11.5 Å². The van der Waals surface area contributed by atoms with Crippen molar-refractivity contribution in [3.05, 3.63) is 48.4 Å². The highest BCUT2D eigenvalue weighted by atomic mass is 16.5. The van der Waals surface area contributed by atoms with Crippen LogP contribution in [0, 0.1) is 0 Å². The zero-order valence-electron chi connectivity index (χ0n) is 12.9. The Morgan fingerprint density at radius 2 is 2.17 bits per heavy atom.